The standard InChI is InChI=1S/C45H56O8/c1-26-13-36(18-32(22-46)40(26)50)44(37-14-27(2)41(51)33(19-37)23-47)9-5-30(6-10-44)17-31-7-11-45(12-8-31,38-15-28(3)42(52)34(20-38)24-48)39-16-29(4)43(53)35(21-39)25-49/h13-16,18-21,30-31,46-53H,5-12,17,22-25H2,1-4H3. The molecule has 2 aliphatic carbocycles. The fourth-order valence-corrected chi connectivity index (χ4v) is 9.77. The zero-order chi connectivity index (χ0) is 38.2. The summed E-state index contributed by atoms with van der Waals surface area (Å²) in [5.41, 5.74) is 8.13. The van der Waals surface area contributed by atoms with Crippen molar-refractivity contribution in [2.45, 2.75) is 123 Å². The highest BCUT2D eigenvalue weighted by Gasteiger charge is 2.43. The molecule has 0 heterocycles. The highest BCUT2D eigenvalue weighted by atomic mass is 16.3. The molecule has 8 nitrogen and oxygen atoms in total. The van der Waals surface area contributed by atoms with Crippen molar-refractivity contribution in [3.8, 4) is 23.0 Å². The van der Waals surface area contributed by atoms with Crippen LogP contribution < -0.4 is 0 Å². The van der Waals surface area contributed by atoms with Gasteiger partial charge >= 0.3 is 0 Å². The van der Waals surface area contributed by atoms with Crippen LogP contribution in [0.1, 0.15) is 125 Å². The van der Waals surface area contributed by atoms with Crippen LogP contribution in [0.2, 0.25) is 0 Å². The molecule has 0 aliphatic heterocycles. The minimum atomic E-state index is -0.411. The number of aliphatic hydroxyl groups excluding tert-OH is 4. The van der Waals surface area contributed by atoms with Gasteiger partial charge in [0.15, 0.2) is 0 Å². The number of aryl methyl sites for hydroxylation is 4. The lowest BCUT2D eigenvalue weighted by molar-refractivity contribution is 0.184. The van der Waals surface area contributed by atoms with Crippen LogP contribution in [-0.2, 0) is 37.3 Å². The Bertz CT molecular complexity index is 1700. The Morgan fingerprint density at radius 1 is 0.415 bits per heavy atom. The number of phenols is 4. The molecule has 0 atom stereocenters. The van der Waals surface area contributed by atoms with Gasteiger partial charge in [0, 0.05) is 33.1 Å². The molecule has 0 aromatic heterocycles. The molecule has 0 unspecified atom stereocenters. The van der Waals surface area contributed by atoms with Gasteiger partial charge in [-0.15, -0.1) is 0 Å². The van der Waals surface area contributed by atoms with Gasteiger partial charge < -0.3 is 40.9 Å². The van der Waals surface area contributed by atoms with E-state index in [1.807, 2.05) is 76.2 Å². The van der Waals surface area contributed by atoms with Gasteiger partial charge in [0.05, 0.1) is 26.4 Å². The second-order valence-electron chi connectivity index (χ2n) is 16.1. The molecule has 0 saturated heterocycles. The van der Waals surface area contributed by atoms with E-state index >= 15 is 0 Å². The van der Waals surface area contributed by atoms with Gasteiger partial charge in [0.2, 0.25) is 0 Å². The predicted molar refractivity (Wildman–Crippen MR) is 205 cm³/mol. The van der Waals surface area contributed by atoms with Gasteiger partial charge in [-0.25, -0.2) is 0 Å². The number of hydrogen-bond acceptors (Lipinski definition) is 8. The smallest absolute Gasteiger partial charge is 0.124 e. The van der Waals surface area contributed by atoms with E-state index in [1.54, 1.807) is 0 Å². The molecular formula is C45H56O8. The molecule has 0 amide bonds. The first-order valence-electron chi connectivity index (χ1n) is 19.1. The minimum Gasteiger partial charge on any atom is -0.507 e. The maximum atomic E-state index is 10.7. The summed E-state index contributed by atoms with van der Waals surface area (Å²) in [6, 6.07) is 15.8. The van der Waals surface area contributed by atoms with Crippen molar-refractivity contribution < 1.29 is 40.9 Å². The molecular weight excluding hydrogens is 668 g/mol. The van der Waals surface area contributed by atoms with Crippen LogP contribution in [0.5, 0.6) is 23.0 Å². The van der Waals surface area contributed by atoms with Crippen molar-refractivity contribution in [2.24, 2.45) is 11.8 Å². The topological polar surface area (TPSA) is 162 Å². The van der Waals surface area contributed by atoms with E-state index in [0.29, 0.717) is 56.3 Å². The number of benzene rings is 4. The summed E-state index contributed by atoms with van der Waals surface area (Å²) in [7, 11) is 0. The van der Waals surface area contributed by atoms with Crippen LogP contribution in [0.15, 0.2) is 48.5 Å². The summed E-state index contributed by atoms with van der Waals surface area (Å²) in [5, 5.41) is 83.2. The lowest BCUT2D eigenvalue weighted by Crippen LogP contribution is -2.36. The first-order chi connectivity index (χ1) is 25.3. The second kappa shape index (κ2) is 15.3. The van der Waals surface area contributed by atoms with Crippen LogP contribution in [0.25, 0.3) is 0 Å². The molecule has 0 bridgehead atoms. The Hall–Kier alpha value is -4.08. The quantitative estimate of drug-likeness (QED) is 0.0824. The first kappa shape index (κ1) is 38.6. The zero-order valence-corrected chi connectivity index (χ0v) is 31.5. The minimum absolute atomic E-state index is 0.108. The summed E-state index contributed by atoms with van der Waals surface area (Å²) < 4.78 is 0. The zero-order valence-electron chi connectivity index (χ0n) is 31.5. The number of hydrogen-bond donors (Lipinski definition) is 8. The highest BCUT2D eigenvalue weighted by Crippen LogP contribution is 2.53. The van der Waals surface area contributed by atoms with Crippen molar-refractivity contribution in [1.29, 1.82) is 0 Å². The summed E-state index contributed by atoms with van der Waals surface area (Å²) in [4.78, 5) is 0. The van der Waals surface area contributed by atoms with Gasteiger partial charge in [-0.3, -0.25) is 0 Å². The number of rotatable bonds is 10. The molecule has 8 heteroatoms. The molecule has 2 saturated carbocycles. The van der Waals surface area contributed by atoms with Gasteiger partial charge in [-0.2, -0.15) is 0 Å². The normalized spacial score (nSPS) is 17.7. The maximum absolute atomic E-state index is 10.7. The maximum Gasteiger partial charge on any atom is 0.124 e. The number of aromatic hydroxyl groups is 4. The van der Waals surface area contributed by atoms with Crippen molar-refractivity contribution >= 4 is 0 Å². The monoisotopic (exact) mass is 724 g/mol. The van der Waals surface area contributed by atoms with E-state index in [2.05, 4.69) is 0 Å². The average Bonchev–Trinajstić information content (AvgIpc) is 3.16. The van der Waals surface area contributed by atoms with Gasteiger partial charge in [-0.1, -0.05) is 24.3 Å². The molecule has 0 spiro atoms. The molecule has 6 rings (SSSR count). The predicted octanol–water partition coefficient (Wildman–Crippen LogP) is 7.75. The molecule has 2 aliphatic rings. The molecule has 4 aromatic rings. The molecule has 0 radical (unpaired) electrons. The van der Waals surface area contributed by atoms with E-state index in [0.717, 1.165) is 80.0 Å². The van der Waals surface area contributed by atoms with Crippen LogP contribution in [0.4, 0.5) is 0 Å². The van der Waals surface area contributed by atoms with Crippen LogP contribution >= 0.6 is 0 Å². The van der Waals surface area contributed by atoms with Crippen LogP contribution in [0, 0.1) is 39.5 Å². The Morgan fingerprint density at radius 3 is 0.849 bits per heavy atom. The van der Waals surface area contributed by atoms with Crippen molar-refractivity contribution in [1.82, 2.24) is 0 Å². The highest BCUT2D eigenvalue weighted by molar-refractivity contribution is 5.54. The Balaban J connectivity index is 1.28. The molecule has 8 N–H and O–H groups in total. The molecule has 2 fully saturated rings. The van der Waals surface area contributed by atoms with E-state index in [9.17, 15) is 40.9 Å². The van der Waals surface area contributed by atoms with Crippen LogP contribution in [-0.4, -0.2) is 40.9 Å². The lowest BCUT2D eigenvalue weighted by Gasteiger charge is -2.45. The van der Waals surface area contributed by atoms with Gasteiger partial charge in [0.1, 0.15) is 23.0 Å². The summed E-state index contributed by atoms with van der Waals surface area (Å²) in [6.45, 7) is 6.35. The van der Waals surface area contributed by atoms with Gasteiger partial charge in [0.25, 0.3) is 0 Å². The third kappa shape index (κ3) is 7.03. The fraction of sp³-hybridized carbons (Fsp3) is 0.467. The SMILES string of the molecule is Cc1cc(C2(c3cc(C)c(O)c(CO)c3)CCC(CC3CCC(c4cc(C)c(O)c(CO)c4)(c4cc(C)c(O)c(CO)c4)CC3)CC2)cc(CO)c1O. The average molecular weight is 725 g/mol. The Morgan fingerprint density at radius 2 is 0.642 bits per heavy atom. The largest absolute Gasteiger partial charge is 0.507 e. The molecule has 284 valence electrons. The number of aliphatic hydroxyl groups is 4. The third-order valence-corrected chi connectivity index (χ3v) is 13.0. The fourth-order valence-electron chi connectivity index (χ4n) is 9.77. The second-order valence-corrected chi connectivity index (χ2v) is 16.1. The van der Waals surface area contributed by atoms with E-state index in [4.69, 9.17) is 0 Å². The molecule has 53 heavy (non-hydrogen) atoms. The Labute approximate surface area is 313 Å². The van der Waals surface area contributed by atoms with Crippen LogP contribution in [0.3, 0.4) is 0 Å². The van der Waals surface area contributed by atoms with Gasteiger partial charge in [-0.05, 0) is 166 Å². The first-order valence-corrected chi connectivity index (χ1v) is 19.1. The van der Waals surface area contributed by atoms with E-state index < -0.39 is 10.8 Å². The van der Waals surface area contributed by atoms with Crippen molar-refractivity contribution in [2.75, 3.05) is 0 Å². The lowest BCUT2D eigenvalue weighted by atomic mass is 9.59. The molecule has 4 aromatic carbocycles. The summed E-state index contributed by atoms with van der Waals surface area (Å²) >= 11 is 0. The van der Waals surface area contributed by atoms with Crippen molar-refractivity contribution in [3.63, 3.8) is 0 Å². The Kier molecular flexibility index (Phi) is 11.2. The third-order valence-electron chi connectivity index (χ3n) is 13.0. The van der Waals surface area contributed by atoms with Crippen molar-refractivity contribution in [3.05, 3.63) is 115 Å². The summed E-state index contributed by atoms with van der Waals surface area (Å²) in [6.07, 6.45) is 8.44. The van der Waals surface area contributed by atoms with E-state index in [1.165, 1.54) is 0 Å². The van der Waals surface area contributed by atoms with E-state index in [-0.39, 0.29) is 49.4 Å². The summed E-state index contributed by atoms with van der Waals surface area (Å²) in [5.74, 6) is 1.43.